The van der Waals surface area contributed by atoms with Crippen LogP contribution in [0.1, 0.15) is 10.4 Å². The maximum absolute atomic E-state index is 13.3. The number of carbonyl (C=O) groups is 1. The predicted molar refractivity (Wildman–Crippen MR) is 100 cm³/mol. The molecular weight excluding hydrogens is 440 g/mol. The number of pyridine rings is 1. The molecule has 0 atom stereocenters. The van der Waals surface area contributed by atoms with Gasteiger partial charge in [0.05, 0.1) is 20.5 Å². The molecule has 2 aromatic rings. The molecule has 1 amide bonds. The number of benzene rings is 1. The lowest BCUT2D eigenvalue weighted by Crippen LogP contribution is -2.50. The molecule has 1 aliphatic rings. The second-order valence-electron chi connectivity index (χ2n) is 5.77. The summed E-state index contributed by atoms with van der Waals surface area (Å²) in [7, 11) is -3.83. The number of sulfonamides is 1. The Labute approximate surface area is 170 Å². The van der Waals surface area contributed by atoms with Crippen LogP contribution in [0.4, 0.5) is 4.39 Å². The molecule has 27 heavy (non-hydrogen) atoms. The summed E-state index contributed by atoms with van der Waals surface area (Å²) in [5.41, 5.74) is 0.269. The topological polar surface area (TPSA) is 70.6 Å². The summed E-state index contributed by atoms with van der Waals surface area (Å²) in [6, 6.07) is 4.66. The summed E-state index contributed by atoms with van der Waals surface area (Å²) in [4.78, 5) is 17.8. The number of halogens is 4. The molecule has 1 aliphatic heterocycles. The Kier molecular flexibility index (Phi) is 5.93. The van der Waals surface area contributed by atoms with Gasteiger partial charge in [0.25, 0.3) is 5.91 Å². The zero-order chi connectivity index (χ0) is 19.8. The fraction of sp³-hybridized carbons (Fsp3) is 0.250. The largest absolute Gasteiger partial charge is 0.336 e. The molecule has 0 bridgehead atoms. The second kappa shape index (κ2) is 7.89. The van der Waals surface area contributed by atoms with Gasteiger partial charge in [-0.25, -0.2) is 17.8 Å². The zero-order valence-corrected chi connectivity index (χ0v) is 16.8. The lowest BCUT2D eigenvalue weighted by atomic mass is 10.2. The fourth-order valence-corrected chi connectivity index (χ4v) is 4.60. The lowest BCUT2D eigenvalue weighted by molar-refractivity contribution is 0.0697. The van der Waals surface area contributed by atoms with Gasteiger partial charge in [0.2, 0.25) is 10.0 Å². The van der Waals surface area contributed by atoms with Gasteiger partial charge in [-0.2, -0.15) is 4.31 Å². The van der Waals surface area contributed by atoms with Crippen LogP contribution in [-0.2, 0) is 10.0 Å². The number of hydrogen-bond acceptors (Lipinski definition) is 4. The van der Waals surface area contributed by atoms with Crippen molar-refractivity contribution in [1.82, 2.24) is 14.2 Å². The molecule has 1 aromatic heterocycles. The second-order valence-corrected chi connectivity index (χ2v) is 8.88. The molecule has 1 fully saturated rings. The van der Waals surface area contributed by atoms with Crippen molar-refractivity contribution in [1.29, 1.82) is 0 Å². The molecule has 0 N–H and O–H groups in total. The average molecular weight is 453 g/mol. The maximum Gasteiger partial charge on any atom is 0.255 e. The van der Waals surface area contributed by atoms with Crippen LogP contribution in [0.25, 0.3) is 0 Å². The van der Waals surface area contributed by atoms with Crippen LogP contribution in [0.5, 0.6) is 0 Å². The van der Waals surface area contributed by atoms with E-state index in [4.69, 9.17) is 34.8 Å². The van der Waals surface area contributed by atoms with Crippen LogP contribution in [0.3, 0.4) is 0 Å². The first kappa shape index (κ1) is 20.3. The van der Waals surface area contributed by atoms with E-state index in [-0.39, 0.29) is 57.7 Å². The first-order chi connectivity index (χ1) is 12.7. The van der Waals surface area contributed by atoms with Gasteiger partial charge in [-0.1, -0.05) is 34.8 Å². The Balaban J connectivity index is 1.71. The van der Waals surface area contributed by atoms with Gasteiger partial charge in [-0.3, -0.25) is 4.79 Å². The van der Waals surface area contributed by atoms with Crippen molar-refractivity contribution in [2.75, 3.05) is 26.2 Å². The molecule has 2 heterocycles. The van der Waals surface area contributed by atoms with E-state index in [1.54, 1.807) is 0 Å². The molecule has 0 unspecified atom stereocenters. The third-order valence-electron chi connectivity index (χ3n) is 4.10. The van der Waals surface area contributed by atoms with E-state index in [0.29, 0.717) is 0 Å². The number of piperazine rings is 1. The highest BCUT2D eigenvalue weighted by atomic mass is 35.5. The standard InChI is InChI=1S/C16H13Cl3FN3O3S/c17-12-8-11(1-2-14(12)20)27(25,26)23-5-3-22(4-6-23)16(24)10-7-13(18)15(19)21-9-10/h1-2,7-9H,3-6H2. The molecule has 144 valence electrons. The molecule has 11 heteroatoms. The quantitative estimate of drug-likeness (QED) is 0.670. The van der Waals surface area contributed by atoms with Crippen LogP contribution >= 0.6 is 34.8 Å². The van der Waals surface area contributed by atoms with Crippen LogP contribution in [0.2, 0.25) is 15.2 Å². The summed E-state index contributed by atoms with van der Waals surface area (Å²) < 4.78 is 39.9. The molecular formula is C16H13Cl3FN3O3S. The van der Waals surface area contributed by atoms with Gasteiger partial charge in [0, 0.05) is 32.4 Å². The van der Waals surface area contributed by atoms with Gasteiger partial charge < -0.3 is 4.90 Å². The van der Waals surface area contributed by atoms with Crippen LogP contribution in [0.15, 0.2) is 35.4 Å². The third-order valence-corrected chi connectivity index (χ3v) is 6.97. The van der Waals surface area contributed by atoms with Crippen molar-refractivity contribution in [3.05, 3.63) is 57.0 Å². The minimum absolute atomic E-state index is 0.0950. The number of carbonyl (C=O) groups excluding carboxylic acids is 1. The molecule has 3 rings (SSSR count). The Bertz CT molecular complexity index is 996. The van der Waals surface area contributed by atoms with Crippen molar-refractivity contribution in [2.45, 2.75) is 4.90 Å². The van der Waals surface area contributed by atoms with Crippen molar-refractivity contribution < 1.29 is 17.6 Å². The smallest absolute Gasteiger partial charge is 0.255 e. The molecule has 0 saturated carbocycles. The molecule has 6 nitrogen and oxygen atoms in total. The van der Waals surface area contributed by atoms with E-state index in [1.807, 2.05) is 0 Å². The Hall–Kier alpha value is -1.45. The third kappa shape index (κ3) is 4.20. The predicted octanol–water partition coefficient (Wildman–Crippen LogP) is 3.33. The number of hydrogen-bond donors (Lipinski definition) is 0. The van der Waals surface area contributed by atoms with Gasteiger partial charge in [-0.05, 0) is 24.3 Å². The van der Waals surface area contributed by atoms with E-state index in [2.05, 4.69) is 4.98 Å². The fourth-order valence-electron chi connectivity index (χ4n) is 2.64. The van der Waals surface area contributed by atoms with E-state index in [9.17, 15) is 17.6 Å². The Morgan fingerprint density at radius 2 is 1.70 bits per heavy atom. The highest BCUT2D eigenvalue weighted by Gasteiger charge is 2.31. The molecule has 1 aromatic carbocycles. The van der Waals surface area contributed by atoms with Crippen LogP contribution < -0.4 is 0 Å². The maximum atomic E-state index is 13.3. The molecule has 0 aliphatic carbocycles. The summed E-state index contributed by atoms with van der Waals surface area (Å²) in [6.45, 7) is 0.566. The van der Waals surface area contributed by atoms with Crippen molar-refractivity contribution in [3.63, 3.8) is 0 Å². The number of rotatable bonds is 3. The Morgan fingerprint density at radius 3 is 2.30 bits per heavy atom. The summed E-state index contributed by atoms with van der Waals surface area (Å²) in [6.07, 6.45) is 1.32. The molecule has 0 radical (unpaired) electrons. The van der Waals surface area contributed by atoms with Gasteiger partial charge >= 0.3 is 0 Å². The SMILES string of the molecule is O=C(c1cnc(Cl)c(Cl)c1)N1CCN(S(=O)(=O)c2ccc(F)c(Cl)c2)CC1. The van der Waals surface area contributed by atoms with E-state index >= 15 is 0 Å². The molecule has 0 spiro atoms. The van der Waals surface area contributed by atoms with Crippen molar-refractivity contribution in [3.8, 4) is 0 Å². The summed E-state index contributed by atoms with van der Waals surface area (Å²) in [5.74, 6) is -1.01. The lowest BCUT2D eigenvalue weighted by Gasteiger charge is -2.34. The van der Waals surface area contributed by atoms with Gasteiger partial charge in [0.1, 0.15) is 11.0 Å². The molecule has 1 saturated heterocycles. The number of aromatic nitrogens is 1. The van der Waals surface area contributed by atoms with Crippen molar-refractivity contribution >= 4 is 50.7 Å². The first-order valence-corrected chi connectivity index (χ1v) is 10.3. The van der Waals surface area contributed by atoms with E-state index in [0.717, 1.165) is 18.2 Å². The normalized spacial score (nSPS) is 15.8. The van der Waals surface area contributed by atoms with Gasteiger partial charge in [0.15, 0.2) is 0 Å². The Morgan fingerprint density at radius 1 is 1.04 bits per heavy atom. The van der Waals surface area contributed by atoms with E-state index < -0.39 is 15.8 Å². The average Bonchev–Trinajstić information content (AvgIpc) is 2.65. The monoisotopic (exact) mass is 451 g/mol. The first-order valence-electron chi connectivity index (χ1n) is 7.75. The summed E-state index contributed by atoms with van der Waals surface area (Å²) in [5, 5.41) is -0.00369. The number of amides is 1. The van der Waals surface area contributed by atoms with Crippen LogP contribution in [0, 0.1) is 5.82 Å². The number of nitrogens with zero attached hydrogens (tertiary/aromatic N) is 3. The summed E-state index contributed by atoms with van der Waals surface area (Å²) >= 11 is 17.3. The van der Waals surface area contributed by atoms with Crippen LogP contribution in [-0.4, -0.2) is 54.7 Å². The highest BCUT2D eigenvalue weighted by molar-refractivity contribution is 7.89. The highest BCUT2D eigenvalue weighted by Crippen LogP contribution is 2.24. The van der Waals surface area contributed by atoms with E-state index in [1.165, 1.54) is 21.5 Å². The van der Waals surface area contributed by atoms with Gasteiger partial charge in [-0.15, -0.1) is 0 Å². The minimum Gasteiger partial charge on any atom is -0.336 e. The van der Waals surface area contributed by atoms with Crippen molar-refractivity contribution in [2.24, 2.45) is 0 Å². The minimum atomic E-state index is -3.83. The zero-order valence-electron chi connectivity index (χ0n) is 13.7.